The Hall–Kier alpha value is -1.03. The van der Waals surface area contributed by atoms with E-state index in [2.05, 4.69) is 39.9 Å². The number of aryl methyl sites for hydroxylation is 3. The number of aromatic nitrogens is 2. The standard InChI is InChI=1S/C13H17BrN2O/c1-5-9-10(6-2)15-13(12(9)14)11-7(3)16-17-8(11)4/h15H,5-6H2,1-4H3. The molecule has 0 fully saturated rings. The highest BCUT2D eigenvalue weighted by Crippen LogP contribution is 2.36. The zero-order valence-electron chi connectivity index (χ0n) is 10.6. The fourth-order valence-electron chi connectivity index (χ4n) is 2.25. The summed E-state index contributed by atoms with van der Waals surface area (Å²) < 4.78 is 6.37. The number of hydrogen-bond donors (Lipinski definition) is 1. The van der Waals surface area contributed by atoms with Crippen LogP contribution in [0.4, 0.5) is 0 Å². The Labute approximate surface area is 110 Å². The highest BCUT2D eigenvalue weighted by molar-refractivity contribution is 9.10. The zero-order valence-corrected chi connectivity index (χ0v) is 12.2. The highest BCUT2D eigenvalue weighted by atomic mass is 79.9. The third-order valence-electron chi connectivity index (χ3n) is 3.12. The number of halogens is 1. The molecule has 2 aromatic rings. The van der Waals surface area contributed by atoms with E-state index >= 15 is 0 Å². The van der Waals surface area contributed by atoms with Gasteiger partial charge in [-0.2, -0.15) is 0 Å². The summed E-state index contributed by atoms with van der Waals surface area (Å²) in [6.07, 6.45) is 2.02. The summed E-state index contributed by atoms with van der Waals surface area (Å²) in [5.74, 6) is 0.856. The molecule has 0 bridgehead atoms. The molecule has 0 saturated heterocycles. The first-order valence-electron chi connectivity index (χ1n) is 5.92. The summed E-state index contributed by atoms with van der Waals surface area (Å²) in [4.78, 5) is 3.49. The molecule has 0 radical (unpaired) electrons. The van der Waals surface area contributed by atoms with Crippen LogP contribution in [0.25, 0.3) is 11.3 Å². The maximum absolute atomic E-state index is 5.23. The number of hydrogen-bond acceptors (Lipinski definition) is 2. The van der Waals surface area contributed by atoms with Gasteiger partial charge in [0, 0.05) is 10.2 Å². The van der Waals surface area contributed by atoms with Gasteiger partial charge in [0.25, 0.3) is 0 Å². The first-order chi connectivity index (χ1) is 8.10. The van der Waals surface area contributed by atoms with E-state index in [9.17, 15) is 0 Å². The molecule has 2 rings (SSSR count). The smallest absolute Gasteiger partial charge is 0.143 e. The van der Waals surface area contributed by atoms with Crippen LogP contribution < -0.4 is 0 Å². The first kappa shape index (κ1) is 12.4. The summed E-state index contributed by atoms with van der Waals surface area (Å²) >= 11 is 3.69. The van der Waals surface area contributed by atoms with Crippen LogP contribution >= 0.6 is 15.9 Å². The lowest BCUT2D eigenvalue weighted by atomic mass is 10.1. The van der Waals surface area contributed by atoms with E-state index in [1.54, 1.807) is 0 Å². The number of nitrogens with one attached hydrogen (secondary N) is 1. The van der Waals surface area contributed by atoms with Gasteiger partial charge in [-0.25, -0.2) is 0 Å². The van der Waals surface area contributed by atoms with Crippen LogP contribution in [0.15, 0.2) is 9.00 Å². The Morgan fingerprint density at radius 2 is 1.94 bits per heavy atom. The van der Waals surface area contributed by atoms with E-state index in [0.29, 0.717) is 0 Å². The SMILES string of the molecule is CCc1[nH]c(-c2c(C)noc2C)c(Br)c1CC. The van der Waals surface area contributed by atoms with Crippen LogP contribution in [0.3, 0.4) is 0 Å². The third kappa shape index (κ3) is 1.95. The minimum atomic E-state index is 0.856. The second-order valence-electron chi connectivity index (χ2n) is 4.18. The average Bonchev–Trinajstić information content (AvgIpc) is 2.80. The Morgan fingerprint density at radius 3 is 2.35 bits per heavy atom. The Balaban J connectivity index is 2.64. The van der Waals surface area contributed by atoms with E-state index in [1.807, 2.05) is 13.8 Å². The van der Waals surface area contributed by atoms with Gasteiger partial charge in [-0.05, 0) is 48.2 Å². The average molecular weight is 297 g/mol. The van der Waals surface area contributed by atoms with E-state index in [4.69, 9.17) is 4.52 Å². The normalized spacial score (nSPS) is 11.1. The lowest BCUT2D eigenvalue weighted by molar-refractivity contribution is 0.393. The Bertz CT molecular complexity index is 520. The monoisotopic (exact) mass is 296 g/mol. The lowest BCUT2D eigenvalue weighted by Gasteiger charge is -1.98. The molecule has 0 amide bonds. The third-order valence-corrected chi connectivity index (χ3v) is 3.99. The molecular formula is C13H17BrN2O. The van der Waals surface area contributed by atoms with Gasteiger partial charge in [0.15, 0.2) is 0 Å². The molecular weight excluding hydrogens is 280 g/mol. The molecule has 0 atom stereocenters. The van der Waals surface area contributed by atoms with Crippen LogP contribution in [0.5, 0.6) is 0 Å². The molecule has 2 heterocycles. The molecule has 17 heavy (non-hydrogen) atoms. The van der Waals surface area contributed by atoms with Gasteiger partial charge in [-0.1, -0.05) is 19.0 Å². The van der Waals surface area contributed by atoms with Crippen LogP contribution in [0.1, 0.15) is 36.6 Å². The van der Waals surface area contributed by atoms with Crippen LogP contribution in [0, 0.1) is 13.8 Å². The molecule has 3 nitrogen and oxygen atoms in total. The van der Waals surface area contributed by atoms with Crippen molar-refractivity contribution in [2.24, 2.45) is 0 Å². The quantitative estimate of drug-likeness (QED) is 0.923. The number of rotatable bonds is 3. The van der Waals surface area contributed by atoms with E-state index in [0.717, 1.165) is 40.0 Å². The van der Waals surface area contributed by atoms with Gasteiger partial charge in [-0.3, -0.25) is 0 Å². The van der Waals surface area contributed by atoms with Gasteiger partial charge in [-0.15, -0.1) is 0 Å². The topological polar surface area (TPSA) is 41.8 Å². The van der Waals surface area contributed by atoms with E-state index in [1.165, 1.54) is 11.3 Å². The minimum Gasteiger partial charge on any atom is -0.361 e. The first-order valence-corrected chi connectivity index (χ1v) is 6.71. The summed E-state index contributed by atoms with van der Waals surface area (Å²) in [7, 11) is 0. The van der Waals surface area contributed by atoms with Gasteiger partial charge in [0.1, 0.15) is 5.76 Å². The fraction of sp³-hybridized carbons (Fsp3) is 0.462. The van der Waals surface area contributed by atoms with Crippen molar-refractivity contribution in [3.8, 4) is 11.3 Å². The van der Waals surface area contributed by atoms with E-state index < -0.39 is 0 Å². The van der Waals surface area contributed by atoms with Crippen molar-refractivity contribution in [2.75, 3.05) is 0 Å². The Kier molecular flexibility index (Phi) is 3.43. The van der Waals surface area contributed by atoms with Crippen molar-refractivity contribution in [3.05, 3.63) is 27.2 Å². The van der Waals surface area contributed by atoms with E-state index in [-0.39, 0.29) is 0 Å². The summed E-state index contributed by atoms with van der Waals surface area (Å²) in [6, 6.07) is 0. The molecule has 0 unspecified atom stereocenters. The van der Waals surface area contributed by atoms with Crippen molar-refractivity contribution in [2.45, 2.75) is 40.5 Å². The van der Waals surface area contributed by atoms with Crippen molar-refractivity contribution in [1.29, 1.82) is 0 Å². The number of H-pyrrole nitrogens is 1. The molecule has 0 aromatic carbocycles. The maximum atomic E-state index is 5.23. The molecule has 0 aliphatic heterocycles. The molecule has 2 aromatic heterocycles. The second-order valence-corrected chi connectivity index (χ2v) is 4.97. The van der Waals surface area contributed by atoms with Crippen LogP contribution in [-0.4, -0.2) is 10.1 Å². The fourth-order valence-corrected chi connectivity index (χ4v) is 3.06. The zero-order chi connectivity index (χ0) is 12.6. The van der Waals surface area contributed by atoms with Crippen LogP contribution in [-0.2, 0) is 12.8 Å². The maximum Gasteiger partial charge on any atom is 0.143 e. The Morgan fingerprint density at radius 1 is 1.24 bits per heavy atom. The highest BCUT2D eigenvalue weighted by Gasteiger charge is 2.20. The molecule has 0 aliphatic carbocycles. The van der Waals surface area contributed by atoms with Crippen molar-refractivity contribution in [3.63, 3.8) is 0 Å². The number of nitrogens with zero attached hydrogens (tertiary/aromatic N) is 1. The van der Waals surface area contributed by atoms with Crippen LogP contribution in [0.2, 0.25) is 0 Å². The summed E-state index contributed by atoms with van der Waals surface area (Å²) in [5.41, 5.74) is 5.73. The molecule has 0 aliphatic rings. The summed E-state index contributed by atoms with van der Waals surface area (Å²) in [5, 5.41) is 4.01. The lowest BCUT2D eigenvalue weighted by Crippen LogP contribution is -1.86. The molecule has 4 heteroatoms. The van der Waals surface area contributed by atoms with Gasteiger partial charge in [0.05, 0.1) is 17.0 Å². The molecule has 92 valence electrons. The van der Waals surface area contributed by atoms with Crippen molar-refractivity contribution in [1.82, 2.24) is 10.1 Å². The second kappa shape index (κ2) is 4.69. The molecule has 0 saturated carbocycles. The van der Waals surface area contributed by atoms with Gasteiger partial charge in [0.2, 0.25) is 0 Å². The largest absolute Gasteiger partial charge is 0.361 e. The minimum absolute atomic E-state index is 0.856. The van der Waals surface area contributed by atoms with Gasteiger partial charge < -0.3 is 9.51 Å². The predicted octanol–water partition coefficient (Wildman–Crippen LogP) is 4.17. The molecule has 0 spiro atoms. The van der Waals surface area contributed by atoms with Gasteiger partial charge >= 0.3 is 0 Å². The number of aromatic amines is 1. The summed E-state index contributed by atoms with van der Waals surface area (Å²) in [6.45, 7) is 8.24. The van der Waals surface area contributed by atoms with Crippen molar-refractivity contribution < 1.29 is 4.52 Å². The molecule has 1 N–H and O–H groups in total. The van der Waals surface area contributed by atoms with Crippen molar-refractivity contribution >= 4 is 15.9 Å². The predicted molar refractivity (Wildman–Crippen MR) is 72.2 cm³/mol.